The number of hydrogen-bond acceptors (Lipinski definition) is 6. The van der Waals surface area contributed by atoms with Gasteiger partial charge < -0.3 is 14.5 Å². The van der Waals surface area contributed by atoms with Gasteiger partial charge in [0.15, 0.2) is 0 Å². The van der Waals surface area contributed by atoms with Gasteiger partial charge in [0.05, 0.1) is 36.2 Å². The fraction of sp³-hybridized carbons (Fsp3) is 0.357. The van der Waals surface area contributed by atoms with Crippen LogP contribution in [0.4, 0.5) is 11.4 Å². The Bertz CT molecular complexity index is 1420. The van der Waals surface area contributed by atoms with Gasteiger partial charge >= 0.3 is 0 Å². The summed E-state index contributed by atoms with van der Waals surface area (Å²) in [5.74, 6) is 0.769. The normalized spacial score (nSPS) is 15.8. The third kappa shape index (κ3) is 4.17. The van der Waals surface area contributed by atoms with Crippen LogP contribution in [0.2, 0.25) is 0 Å². The number of aromatic nitrogens is 4. The fourth-order valence-electron chi connectivity index (χ4n) is 5.12. The number of amides is 1. The molecule has 4 aromatic rings. The maximum Gasteiger partial charge on any atom is 0.254 e. The molecule has 0 N–H and O–H groups in total. The van der Waals surface area contributed by atoms with Crippen molar-refractivity contribution >= 4 is 28.3 Å². The topological polar surface area (TPSA) is 76.4 Å². The smallest absolute Gasteiger partial charge is 0.254 e. The second-order valence-electron chi connectivity index (χ2n) is 9.70. The second-order valence-corrected chi connectivity index (χ2v) is 9.70. The molecule has 1 saturated carbocycles. The van der Waals surface area contributed by atoms with Crippen molar-refractivity contribution in [2.45, 2.75) is 38.1 Å². The van der Waals surface area contributed by atoms with Gasteiger partial charge in [-0.2, -0.15) is 5.10 Å². The summed E-state index contributed by atoms with van der Waals surface area (Å²) >= 11 is 0. The lowest BCUT2D eigenvalue weighted by atomic mass is 9.90. The largest absolute Gasteiger partial charge is 0.497 e. The van der Waals surface area contributed by atoms with Crippen LogP contribution in [-0.2, 0) is 7.05 Å². The first-order valence-electron chi connectivity index (χ1n) is 12.6. The second kappa shape index (κ2) is 9.26. The molecule has 3 heterocycles. The molecule has 6 rings (SSSR count). The van der Waals surface area contributed by atoms with Crippen molar-refractivity contribution in [3.05, 3.63) is 60.6 Å². The van der Waals surface area contributed by atoms with E-state index in [2.05, 4.69) is 27.1 Å². The molecule has 1 aliphatic heterocycles. The Morgan fingerprint density at radius 2 is 1.83 bits per heavy atom. The molecular weight excluding hydrogens is 452 g/mol. The molecule has 2 fully saturated rings. The van der Waals surface area contributed by atoms with E-state index < -0.39 is 0 Å². The third-order valence-electron chi connectivity index (χ3n) is 7.29. The predicted molar refractivity (Wildman–Crippen MR) is 140 cm³/mol. The van der Waals surface area contributed by atoms with E-state index in [1.165, 1.54) is 6.42 Å². The number of nitrogens with zero attached hydrogens (tertiary/aromatic N) is 6. The molecule has 2 aromatic heterocycles. The van der Waals surface area contributed by atoms with Crippen LogP contribution in [-0.4, -0.2) is 56.8 Å². The van der Waals surface area contributed by atoms with E-state index in [9.17, 15) is 4.79 Å². The summed E-state index contributed by atoms with van der Waals surface area (Å²) in [5.41, 5.74) is 6.09. The van der Waals surface area contributed by atoms with Gasteiger partial charge in [-0.25, -0.2) is 4.98 Å². The quantitative estimate of drug-likeness (QED) is 0.386. The van der Waals surface area contributed by atoms with Crippen molar-refractivity contribution in [1.82, 2.24) is 24.6 Å². The maximum atomic E-state index is 13.3. The highest BCUT2D eigenvalue weighted by Crippen LogP contribution is 2.39. The van der Waals surface area contributed by atoms with Crippen LogP contribution >= 0.6 is 0 Å². The summed E-state index contributed by atoms with van der Waals surface area (Å²) in [6.45, 7) is 1.64. The summed E-state index contributed by atoms with van der Waals surface area (Å²) in [7, 11) is 3.55. The number of carbonyl (C=O) groups is 1. The summed E-state index contributed by atoms with van der Waals surface area (Å²) in [6, 6.07) is 12.5. The number of hydrogen-bond donors (Lipinski definition) is 0. The molecule has 184 valence electrons. The molecule has 0 spiro atoms. The highest BCUT2D eigenvalue weighted by molar-refractivity contribution is 5.96. The predicted octanol–water partition coefficient (Wildman–Crippen LogP) is 4.97. The zero-order valence-corrected chi connectivity index (χ0v) is 20.7. The lowest BCUT2D eigenvalue weighted by molar-refractivity contribution is 0.0792. The molecule has 2 aliphatic rings. The van der Waals surface area contributed by atoms with Gasteiger partial charge in [0.25, 0.3) is 5.91 Å². The molecule has 8 heteroatoms. The maximum absolute atomic E-state index is 13.3. The molecule has 0 radical (unpaired) electrons. The van der Waals surface area contributed by atoms with Crippen LogP contribution in [0.15, 0.2) is 55.0 Å². The van der Waals surface area contributed by atoms with Crippen molar-refractivity contribution in [2.75, 3.05) is 25.1 Å². The molecule has 1 aliphatic carbocycles. The average Bonchev–Trinajstić information content (AvgIpc) is 3.57. The Hall–Kier alpha value is -3.94. The van der Waals surface area contributed by atoms with E-state index in [1.54, 1.807) is 24.2 Å². The summed E-state index contributed by atoms with van der Waals surface area (Å²) in [4.78, 5) is 27.1. The zero-order valence-electron chi connectivity index (χ0n) is 20.7. The first-order chi connectivity index (χ1) is 17.6. The first kappa shape index (κ1) is 22.5. The van der Waals surface area contributed by atoms with E-state index >= 15 is 0 Å². The Labute approximate surface area is 210 Å². The van der Waals surface area contributed by atoms with Gasteiger partial charge in [-0.15, -0.1) is 0 Å². The number of carbonyl (C=O) groups excluding carboxylic acids is 1. The number of likely N-dealkylation sites (tertiary alicyclic amines) is 1. The Kier molecular flexibility index (Phi) is 5.79. The van der Waals surface area contributed by atoms with Crippen LogP contribution < -0.4 is 9.64 Å². The van der Waals surface area contributed by atoms with Gasteiger partial charge in [0, 0.05) is 60.9 Å². The Morgan fingerprint density at radius 3 is 2.53 bits per heavy atom. The van der Waals surface area contributed by atoms with Crippen LogP contribution in [0.3, 0.4) is 0 Å². The molecule has 0 bridgehead atoms. The fourth-order valence-corrected chi connectivity index (χ4v) is 5.12. The number of aryl methyl sites for hydroxylation is 1. The monoisotopic (exact) mass is 482 g/mol. The van der Waals surface area contributed by atoms with Crippen LogP contribution in [0, 0.1) is 0 Å². The lowest BCUT2D eigenvalue weighted by Crippen LogP contribution is -2.37. The summed E-state index contributed by atoms with van der Waals surface area (Å²) < 4.78 is 7.40. The van der Waals surface area contributed by atoms with Gasteiger partial charge in [-0.05, 0) is 62.4 Å². The highest BCUT2D eigenvalue weighted by Gasteiger charge is 2.29. The van der Waals surface area contributed by atoms with Gasteiger partial charge in [-0.3, -0.25) is 14.5 Å². The molecular formula is C28H30N6O2. The molecule has 1 saturated heterocycles. The Morgan fingerprint density at radius 1 is 1.00 bits per heavy atom. The average molecular weight is 483 g/mol. The first-order valence-corrected chi connectivity index (χ1v) is 12.6. The van der Waals surface area contributed by atoms with E-state index in [1.807, 2.05) is 42.4 Å². The van der Waals surface area contributed by atoms with E-state index in [4.69, 9.17) is 9.72 Å². The number of fused-ring (bicyclic) bond motifs is 1. The highest BCUT2D eigenvalue weighted by atomic mass is 16.5. The molecule has 0 unspecified atom stereocenters. The van der Waals surface area contributed by atoms with Gasteiger partial charge in [-0.1, -0.05) is 0 Å². The number of benzene rings is 2. The van der Waals surface area contributed by atoms with Gasteiger partial charge in [0.2, 0.25) is 0 Å². The van der Waals surface area contributed by atoms with Gasteiger partial charge in [0.1, 0.15) is 5.75 Å². The molecule has 8 nitrogen and oxygen atoms in total. The van der Waals surface area contributed by atoms with Crippen molar-refractivity contribution < 1.29 is 9.53 Å². The molecule has 0 atom stereocenters. The molecule has 2 aromatic carbocycles. The van der Waals surface area contributed by atoms with Crippen LogP contribution in [0.5, 0.6) is 5.75 Å². The van der Waals surface area contributed by atoms with Crippen LogP contribution in [0.25, 0.3) is 22.3 Å². The minimum Gasteiger partial charge on any atom is -0.497 e. The van der Waals surface area contributed by atoms with E-state index in [0.717, 1.165) is 72.4 Å². The van der Waals surface area contributed by atoms with Crippen LogP contribution in [0.1, 0.15) is 42.5 Å². The van der Waals surface area contributed by atoms with Crippen molar-refractivity contribution in [2.24, 2.45) is 7.05 Å². The number of rotatable bonds is 6. The van der Waals surface area contributed by atoms with Crippen molar-refractivity contribution in [3.63, 3.8) is 0 Å². The Balaban J connectivity index is 1.42. The SMILES string of the molecule is COc1cc(C(=O)N2CCCC2)cc(N(c2ccc3ncc(-c4cnn(C)c4)nc3c2)C2CCC2)c1. The number of ether oxygens (including phenoxy) is 1. The zero-order chi connectivity index (χ0) is 24.6. The third-order valence-corrected chi connectivity index (χ3v) is 7.29. The summed E-state index contributed by atoms with van der Waals surface area (Å²) in [6.07, 6.45) is 11.1. The standard InChI is InChI=1S/C28H30N6O2/c1-32-18-20(16-30-32)27-17-29-25-9-8-22(15-26(25)31-27)34(21-6-5-7-21)23-12-19(13-24(14-23)36-2)28(35)33-10-3-4-11-33/h8-9,12-18,21H,3-7,10-11H2,1-2H3. The number of methoxy groups -OCH3 is 1. The van der Waals surface area contributed by atoms with Crippen molar-refractivity contribution in [3.8, 4) is 17.0 Å². The van der Waals surface area contributed by atoms with Crippen molar-refractivity contribution in [1.29, 1.82) is 0 Å². The van der Waals surface area contributed by atoms with E-state index in [-0.39, 0.29) is 5.91 Å². The minimum atomic E-state index is 0.0756. The molecule has 1 amide bonds. The minimum absolute atomic E-state index is 0.0756. The lowest BCUT2D eigenvalue weighted by Gasteiger charge is -2.39. The molecule has 36 heavy (non-hydrogen) atoms. The summed E-state index contributed by atoms with van der Waals surface area (Å²) in [5, 5.41) is 4.27. The number of anilines is 2. The van der Waals surface area contributed by atoms with E-state index in [0.29, 0.717) is 17.4 Å².